The van der Waals surface area contributed by atoms with Crippen molar-refractivity contribution in [1.82, 2.24) is 14.7 Å². The van der Waals surface area contributed by atoms with Crippen LogP contribution in [0.1, 0.15) is 0 Å². The molecule has 0 saturated carbocycles. The fourth-order valence-corrected chi connectivity index (χ4v) is 1.92. The number of fused-ring (bicyclic) bond motifs is 1. The topological polar surface area (TPSA) is 66.7 Å². The van der Waals surface area contributed by atoms with E-state index >= 15 is 0 Å². The van der Waals surface area contributed by atoms with E-state index in [2.05, 4.69) is 16.9 Å². The first-order chi connectivity index (χ1) is 8.66. The Morgan fingerprint density at radius 2 is 2.17 bits per heavy atom. The fraction of sp³-hybridized carbons (Fsp3) is 0.0833. The summed E-state index contributed by atoms with van der Waals surface area (Å²) in [6, 6.07) is 4.91. The Morgan fingerprint density at radius 3 is 2.89 bits per heavy atom. The number of hydrogen-bond donors (Lipinski definition) is 1. The number of anilines is 1. The summed E-state index contributed by atoms with van der Waals surface area (Å²) >= 11 is 0. The molecule has 18 heavy (non-hydrogen) atoms. The van der Waals surface area contributed by atoms with Crippen LogP contribution in [-0.2, 0) is 0 Å². The van der Waals surface area contributed by atoms with Crippen LogP contribution in [0.4, 0.5) is 10.5 Å². The highest BCUT2D eigenvalue weighted by atomic mass is 16.2. The van der Waals surface area contributed by atoms with Gasteiger partial charge in [0.2, 0.25) is 0 Å². The first-order valence-corrected chi connectivity index (χ1v) is 5.39. The molecular weight excluding hydrogens is 232 g/mol. The van der Waals surface area contributed by atoms with E-state index in [0.29, 0.717) is 11.3 Å². The highest BCUT2D eigenvalue weighted by Gasteiger charge is 2.26. The van der Waals surface area contributed by atoms with Gasteiger partial charge in [0.15, 0.2) is 0 Å². The zero-order chi connectivity index (χ0) is 12.7. The molecule has 1 aliphatic heterocycles. The van der Waals surface area contributed by atoms with E-state index in [-0.39, 0.29) is 23.8 Å². The van der Waals surface area contributed by atoms with Gasteiger partial charge in [-0.1, -0.05) is 12.6 Å². The summed E-state index contributed by atoms with van der Waals surface area (Å²) < 4.78 is 1.41. The molecule has 0 atom stereocenters. The molecule has 90 valence electrons. The first-order valence-electron chi connectivity index (χ1n) is 5.39. The quantitative estimate of drug-likeness (QED) is 0.802. The second-order valence-corrected chi connectivity index (χ2v) is 4.00. The molecule has 2 aromatic heterocycles. The average Bonchev–Trinajstić information content (AvgIpc) is 2.69. The minimum atomic E-state index is -0.352. The molecule has 0 spiro atoms. The van der Waals surface area contributed by atoms with Crippen LogP contribution in [0.3, 0.4) is 0 Å². The molecular formula is C12H10N4O2. The molecule has 0 aliphatic carbocycles. The molecule has 1 fully saturated rings. The van der Waals surface area contributed by atoms with Crippen molar-refractivity contribution >= 4 is 17.4 Å². The molecule has 0 radical (unpaired) electrons. The molecule has 6 nitrogen and oxygen atoms in total. The summed E-state index contributed by atoms with van der Waals surface area (Å²) in [5, 5.41) is 2.56. The third-order valence-corrected chi connectivity index (χ3v) is 2.76. The van der Waals surface area contributed by atoms with Gasteiger partial charge >= 0.3 is 6.03 Å². The van der Waals surface area contributed by atoms with E-state index in [1.54, 1.807) is 24.4 Å². The van der Waals surface area contributed by atoms with Crippen LogP contribution in [0.2, 0.25) is 0 Å². The molecule has 2 amide bonds. The summed E-state index contributed by atoms with van der Waals surface area (Å²) in [7, 11) is 0. The van der Waals surface area contributed by atoms with Gasteiger partial charge in [0.1, 0.15) is 11.3 Å². The first kappa shape index (κ1) is 10.5. The molecule has 0 unspecified atom stereocenters. The largest absolute Gasteiger partial charge is 0.326 e. The van der Waals surface area contributed by atoms with E-state index in [0.717, 1.165) is 0 Å². The Balaban J connectivity index is 2.19. The lowest BCUT2D eigenvalue weighted by Crippen LogP contribution is -2.33. The van der Waals surface area contributed by atoms with Gasteiger partial charge in [-0.3, -0.25) is 14.1 Å². The van der Waals surface area contributed by atoms with Crippen LogP contribution in [0.25, 0.3) is 5.65 Å². The zero-order valence-electron chi connectivity index (χ0n) is 9.46. The molecule has 1 saturated heterocycles. The Hall–Kier alpha value is -2.63. The van der Waals surface area contributed by atoms with Crippen LogP contribution in [0.5, 0.6) is 0 Å². The molecule has 6 heteroatoms. The van der Waals surface area contributed by atoms with Crippen molar-refractivity contribution < 1.29 is 4.79 Å². The van der Waals surface area contributed by atoms with Crippen molar-refractivity contribution in [3.8, 4) is 0 Å². The number of nitrogens with one attached hydrogen (secondary N) is 1. The lowest BCUT2D eigenvalue weighted by Gasteiger charge is -2.12. The molecule has 0 aromatic carbocycles. The monoisotopic (exact) mass is 242 g/mol. The van der Waals surface area contributed by atoms with Crippen molar-refractivity contribution in [3.63, 3.8) is 0 Å². The second kappa shape index (κ2) is 3.69. The van der Waals surface area contributed by atoms with Crippen LogP contribution < -0.4 is 15.8 Å². The molecule has 1 aliphatic rings. The Bertz CT molecular complexity index is 719. The number of nitrogens with zero attached hydrogens (tertiary/aromatic N) is 3. The number of carbonyl (C=O) groups is 1. The standard InChI is InChI=1S/C12H10N4O2/c1-8-7-16(12(18)14-8)9-6-13-10-4-2-3-5-15(10)11(9)17/h2-6H,1,7H2,(H,14,18). The maximum Gasteiger partial charge on any atom is 0.326 e. The van der Waals surface area contributed by atoms with E-state index in [1.807, 2.05) is 0 Å². The van der Waals surface area contributed by atoms with E-state index in [4.69, 9.17) is 0 Å². The minimum Gasteiger partial charge on any atom is -0.310 e. The number of aromatic nitrogens is 2. The third kappa shape index (κ3) is 1.46. The highest BCUT2D eigenvalue weighted by molar-refractivity contribution is 5.96. The van der Waals surface area contributed by atoms with Crippen molar-refractivity contribution in [2.75, 3.05) is 11.4 Å². The predicted octanol–water partition coefficient (Wildman–Crippen LogP) is 0.738. The van der Waals surface area contributed by atoms with Crippen molar-refractivity contribution in [3.05, 3.63) is 53.2 Å². The Kier molecular flexibility index (Phi) is 2.16. The van der Waals surface area contributed by atoms with Crippen LogP contribution >= 0.6 is 0 Å². The van der Waals surface area contributed by atoms with Crippen molar-refractivity contribution in [2.45, 2.75) is 0 Å². The van der Waals surface area contributed by atoms with Gasteiger partial charge in [-0.25, -0.2) is 9.78 Å². The van der Waals surface area contributed by atoms with Gasteiger partial charge in [-0.05, 0) is 12.1 Å². The van der Waals surface area contributed by atoms with Crippen LogP contribution in [0.15, 0.2) is 47.7 Å². The number of rotatable bonds is 1. The summed E-state index contributed by atoms with van der Waals surface area (Å²) in [4.78, 5) is 29.4. The maximum absolute atomic E-state index is 12.2. The number of urea groups is 1. The average molecular weight is 242 g/mol. The maximum atomic E-state index is 12.2. The van der Waals surface area contributed by atoms with Crippen LogP contribution in [-0.4, -0.2) is 22.0 Å². The lowest BCUT2D eigenvalue weighted by molar-refractivity contribution is 0.252. The van der Waals surface area contributed by atoms with Crippen molar-refractivity contribution in [2.24, 2.45) is 0 Å². The second-order valence-electron chi connectivity index (χ2n) is 4.00. The van der Waals surface area contributed by atoms with Crippen molar-refractivity contribution in [1.29, 1.82) is 0 Å². The molecule has 1 N–H and O–H groups in total. The summed E-state index contributed by atoms with van der Waals surface area (Å²) in [6.07, 6.45) is 3.03. The summed E-state index contributed by atoms with van der Waals surface area (Å²) in [5.74, 6) is 0. The number of amides is 2. The van der Waals surface area contributed by atoms with E-state index in [9.17, 15) is 9.59 Å². The van der Waals surface area contributed by atoms with Gasteiger partial charge < -0.3 is 5.32 Å². The third-order valence-electron chi connectivity index (χ3n) is 2.76. The van der Waals surface area contributed by atoms with Gasteiger partial charge in [0, 0.05) is 11.9 Å². The molecule has 0 bridgehead atoms. The van der Waals surface area contributed by atoms with E-state index < -0.39 is 0 Å². The van der Waals surface area contributed by atoms with Gasteiger partial charge in [0.25, 0.3) is 5.56 Å². The Labute approximate surface area is 102 Å². The normalized spacial score (nSPS) is 15.2. The number of hydrogen-bond acceptors (Lipinski definition) is 3. The van der Waals surface area contributed by atoms with Gasteiger partial charge in [-0.15, -0.1) is 0 Å². The molecule has 3 rings (SSSR count). The van der Waals surface area contributed by atoms with E-state index in [1.165, 1.54) is 15.5 Å². The number of carbonyl (C=O) groups excluding carboxylic acids is 1. The summed E-state index contributed by atoms with van der Waals surface area (Å²) in [6.45, 7) is 3.96. The van der Waals surface area contributed by atoms with Crippen LogP contribution in [0, 0.1) is 0 Å². The molecule has 3 heterocycles. The zero-order valence-corrected chi connectivity index (χ0v) is 9.46. The molecule has 2 aromatic rings. The Morgan fingerprint density at radius 1 is 1.33 bits per heavy atom. The highest BCUT2D eigenvalue weighted by Crippen LogP contribution is 2.14. The SMILES string of the molecule is C=C1CN(c2cnc3ccccn3c2=O)C(=O)N1. The fourth-order valence-electron chi connectivity index (χ4n) is 1.92. The minimum absolute atomic E-state index is 0.245. The smallest absolute Gasteiger partial charge is 0.310 e. The van der Waals surface area contributed by atoms with Gasteiger partial charge in [0.05, 0.1) is 12.7 Å². The predicted molar refractivity (Wildman–Crippen MR) is 66.5 cm³/mol. The van der Waals surface area contributed by atoms with Gasteiger partial charge in [-0.2, -0.15) is 0 Å². The number of pyridine rings is 1. The summed E-state index contributed by atoms with van der Waals surface area (Å²) in [5.41, 5.74) is 1.09. The lowest BCUT2D eigenvalue weighted by atomic mass is 10.4.